The largest absolute Gasteiger partial charge is 0.375 e. The molecular formula is C14H13BrCl2N3O+. The Labute approximate surface area is 140 Å². The van der Waals surface area contributed by atoms with E-state index in [1.807, 2.05) is 16.3 Å². The minimum atomic E-state index is -1.24. The van der Waals surface area contributed by atoms with Gasteiger partial charge in [-0.05, 0) is 39.5 Å². The summed E-state index contributed by atoms with van der Waals surface area (Å²) in [5.41, 5.74) is 0.312. The Bertz CT molecular complexity index is 744. The minimum Gasteiger partial charge on any atom is -0.375 e. The first-order valence-corrected chi connectivity index (χ1v) is 8.01. The van der Waals surface area contributed by atoms with E-state index in [4.69, 9.17) is 23.2 Å². The second-order valence-corrected chi connectivity index (χ2v) is 6.56. The summed E-state index contributed by atoms with van der Waals surface area (Å²) in [4.78, 5) is 4.14. The van der Waals surface area contributed by atoms with Gasteiger partial charge in [-0.25, -0.2) is 0 Å². The molecule has 0 spiro atoms. The zero-order valence-electron chi connectivity index (χ0n) is 11.2. The summed E-state index contributed by atoms with van der Waals surface area (Å²) >= 11 is 15.8. The van der Waals surface area contributed by atoms with Gasteiger partial charge in [0.25, 0.3) is 0 Å². The van der Waals surface area contributed by atoms with E-state index < -0.39 is 5.60 Å². The summed E-state index contributed by atoms with van der Waals surface area (Å²) in [6.07, 6.45) is 4.15. The highest BCUT2D eigenvalue weighted by atomic mass is 79.9. The monoisotopic (exact) mass is 388 g/mol. The number of hydrogen-bond acceptors (Lipinski definition) is 2. The van der Waals surface area contributed by atoms with Crippen molar-refractivity contribution in [2.45, 2.75) is 25.5 Å². The number of benzene rings is 1. The van der Waals surface area contributed by atoms with Gasteiger partial charge in [-0.2, -0.15) is 4.68 Å². The highest BCUT2D eigenvalue weighted by molar-refractivity contribution is 9.11. The lowest BCUT2D eigenvalue weighted by atomic mass is 9.91. The van der Waals surface area contributed by atoms with E-state index in [0.29, 0.717) is 26.6 Å². The smallest absolute Gasteiger partial charge is 0.307 e. The average Bonchev–Trinajstić information content (AvgIpc) is 2.87. The van der Waals surface area contributed by atoms with Gasteiger partial charge >= 0.3 is 6.33 Å². The number of allylic oxidation sites excluding steroid dienone is 1. The van der Waals surface area contributed by atoms with Gasteiger partial charge in [0, 0.05) is 15.6 Å². The fraction of sp³-hybridized carbons (Fsp3) is 0.286. The van der Waals surface area contributed by atoms with Crippen LogP contribution in [0, 0.1) is 0 Å². The summed E-state index contributed by atoms with van der Waals surface area (Å²) in [7, 11) is 0. The summed E-state index contributed by atoms with van der Waals surface area (Å²) in [5.74, 6) is 0. The Kier molecular flexibility index (Phi) is 3.86. The van der Waals surface area contributed by atoms with E-state index in [-0.39, 0.29) is 0 Å². The van der Waals surface area contributed by atoms with E-state index in [2.05, 4.69) is 20.9 Å². The number of nitrogens with zero attached hydrogens (tertiary/aromatic N) is 3. The Morgan fingerprint density at radius 2 is 2.24 bits per heavy atom. The van der Waals surface area contributed by atoms with Crippen molar-refractivity contribution in [1.29, 1.82) is 0 Å². The number of halogens is 3. The van der Waals surface area contributed by atoms with Crippen molar-refractivity contribution in [3.8, 4) is 0 Å². The first-order chi connectivity index (χ1) is 9.97. The van der Waals surface area contributed by atoms with Crippen LogP contribution in [0.4, 0.5) is 0 Å². The lowest BCUT2D eigenvalue weighted by Gasteiger charge is -2.33. The molecule has 1 aliphatic rings. The molecule has 4 nitrogen and oxygen atoms in total. The predicted octanol–water partition coefficient (Wildman–Crippen LogP) is 3.35. The van der Waals surface area contributed by atoms with Crippen molar-refractivity contribution < 1.29 is 9.79 Å². The van der Waals surface area contributed by atoms with Crippen molar-refractivity contribution in [1.82, 2.24) is 9.67 Å². The third kappa shape index (κ3) is 2.32. The zero-order valence-corrected chi connectivity index (χ0v) is 14.3. The number of hydrogen-bond donors (Lipinski definition) is 1. The van der Waals surface area contributed by atoms with E-state index in [9.17, 15) is 5.11 Å². The molecule has 0 radical (unpaired) electrons. The molecule has 1 aromatic carbocycles. The van der Waals surface area contributed by atoms with Gasteiger partial charge in [-0.1, -0.05) is 36.2 Å². The molecule has 0 fully saturated rings. The van der Waals surface area contributed by atoms with Crippen LogP contribution in [0.3, 0.4) is 0 Å². The van der Waals surface area contributed by atoms with Crippen LogP contribution in [0.5, 0.6) is 0 Å². The summed E-state index contributed by atoms with van der Waals surface area (Å²) in [6, 6.07) is 5.12. The van der Waals surface area contributed by atoms with Crippen LogP contribution < -0.4 is 4.68 Å². The molecule has 1 N–H and O–H groups in total. The van der Waals surface area contributed by atoms with Crippen LogP contribution in [0.2, 0.25) is 10.0 Å². The first kappa shape index (κ1) is 15.0. The lowest BCUT2D eigenvalue weighted by molar-refractivity contribution is -0.780. The first-order valence-electron chi connectivity index (χ1n) is 6.47. The molecule has 0 saturated carbocycles. The molecule has 3 rings (SSSR count). The Balaban J connectivity index is 2.22. The van der Waals surface area contributed by atoms with Gasteiger partial charge in [0.2, 0.25) is 6.33 Å². The highest BCUT2D eigenvalue weighted by Gasteiger charge is 2.43. The molecule has 1 aliphatic heterocycles. The zero-order chi connectivity index (χ0) is 15.2. The molecule has 2 heterocycles. The van der Waals surface area contributed by atoms with Gasteiger partial charge in [-0.15, -0.1) is 4.68 Å². The molecule has 0 aliphatic carbocycles. The molecule has 0 bridgehead atoms. The van der Waals surface area contributed by atoms with Crippen LogP contribution in [0.15, 0.2) is 35.3 Å². The summed E-state index contributed by atoms with van der Waals surface area (Å²) in [6.45, 7) is 2.34. The standard InChI is InChI=1S/C14H13BrCl2N3O/c1-2-12-13(15)14(21,6-19-7-18-8-20(12)19)10-4-3-9(16)5-11(10)17/h3-5,7-8,21H,2,6H2,1H3/q+1. The maximum absolute atomic E-state index is 11.3. The molecule has 1 unspecified atom stereocenters. The highest BCUT2D eigenvalue weighted by Crippen LogP contribution is 2.43. The van der Waals surface area contributed by atoms with E-state index in [1.54, 1.807) is 30.9 Å². The quantitative estimate of drug-likeness (QED) is 0.800. The van der Waals surface area contributed by atoms with Gasteiger partial charge < -0.3 is 5.11 Å². The number of rotatable bonds is 2. The van der Waals surface area contributed by atoms with Crippen LogP contribution >= 0.6 is 39.1 Å². The molecule has 21 heavy (non-hydrogen) atoms. The third-order valence-electron chi connectivity index (χ3n) is 3.65. The average molecular weight is 390 g/mol. The van der Waals surface area contributed by atoms with Crippen molar-refractivity contribution >= 4 is 44.8 Å². The van der Waals surface area contributed by atoms with E-state index >= 15 is 0 Å². The van der Waals surface area contributed by atoms with Crippen LogP contribution in [-0.2, 0) is 12.1 Å². The van der Waals surface area contributed by atoms with Gasteiger partial charge in [0.05, 0.1) is 10.2 Å². The maximum atomic E-state index is 11.3. The van der Waals surface area contributed by atoms with Crippen LogP contribution in [0.25, 0.3) is 5.70 Å². The topological polar surface area (TPSA) is 41.9 Å². The van der Waals surface area contributed by atoms with Crippen molar-refractivity contribution in [3.63, 3.8) is 0 Å². The minimum absolute atomic E-state index is 0.318. The Hall–Kier alpha value is -0.880. The second kappa shape index (κ2) is 5.39. The SMILES string of the molecule is CCC1=C(Br)C(O)(c2ccc(Cl)cc2Cl)C[n+]2cncn21. The molecule has 0 amide bonds. The number of aromatic nitrogens is 3. The normalized spacial score (nSPS) is 21.6. The molecule has 1 atom stereocenters. The van der Waals surface area contributed by atoms with Crippen molar-refractivity contribution in [3.05, 3.63) is 50.9 Å². The Morgan fingerprint density at radius 1 is 1.48 bits per heavy atom. The third-order valence-corrected chi connectivity index (χ3v) is 5.31. The molecule has 7 heteroatoms. The number of fused-ring (bicyclic) bond motifs is 1. The second-order valence-electron chi connectivity index (χ2n) is 4.92. The molecule has 0 saturated heterocycles. The van der Waals surface area contributed by atoms with E-state index in [1.165, 1.54) is 0 Å². The molecule has 110 valence electrons. The lowest BCUT2D eigenvalue weighted by Crippen LogP contribution is -2.55. The molecule has 1 aromatic heterocycles. The number of aliphatic hydroxyl groups is 1. The van der Waals surface area contributed by atoms with Crippen molar-refractivity contribution in [2.75, 3.05) is 0 Å². The summed E-state index contributed by atoms with van der Waals surface area (Å²) in [5, 5.41) is 12.2. The molecular weight excluding hydrogens is 377 g/mol. The van der Waals surface area contributed by atoms with Crippen LogP contribution in [0.1, 0.15) is 18.9 Å². The van der Waals surface area contributed by atoms with Crippen LogP contribution in [-0.4, -0.2) is 14.8 Å². The van der Waals surface area contributed by atoms with Gasteiger partial charge in [0.1, 0.15) is 6.54 Å². The van der Waals surface area contributed by atoms with Gasteiger partial charge in [0.15, 0.2) is 5.60 Å². The van der Waals surface area contributed by atoms with Crippen molar-refractivity contribution in [2.24, 2.45) is 0 Å². The fourth-order valence-corrected chi connectivity index (χ4v) is 3.99. The maximum Gasteiger partial charge on any atom is 0.307 e. The van der Waals surface area contributed by atoms with E-state index in [0.717, 1.165) is 12.1 Å². The fourth-order valence-electron chi connectivity index (χ4n) is 2.62. The molecule has 2 aromatic rings. The van der Waals surface area contributed by atoms with Gasteiger partial charge in [-0.3, -0.25) is 0 Å². The predicted molar refractivity (Wildman–Crippen MR) is 85.2 cm³/mol. The Morgan fingerprint density at radius 3 is 2.90 bits per heavy atom. The summed E-state index contributed by atoms with van der Waals surface area (Å²) < 4.78 is 4.47.